The summed E-state index contributed by atoms with van der Waals surface area (Å²) in [5, 5.41) is 0.572. The first-order chi connectivity index (χ1) is 5.66. The molecule has 12 heavy (non-hydrogen) atoms. The topological polar surface area (TPSA) is 64.9 Å². The summed E-state index contributed by atoms with van der Waals surface area (Å²) in [5.74, 6) is 0. The molecule has 1 aromatic heterocycles. The number of hydrogen-bond donors (Lipinski definition) is 2. The minimum Gasteiger partial charge on any atom is -0.398 e. The van der Waals surface area contributed by atoms with Crippen LogP contribution in [0, 0.1) is 0 Å². The van der Waals surface area contributed by atoms with Crippen molar-refractivity contribution < 1.29 is 0 Å². The lowest BCUT2D eigenvalue weighted by atomic mass is 10.3. The van der Waals surface area contributed by atoms with Gasteiger partial charge in [0, 0.05) is 10.2 Å². The third-order valence-corrected chi connectivity index (χ3v) is 3.06. The number of nitrogen functional groups attached to an aromatic ring is 2. The van der Waals surface area contributed by atoms with Gasteiger partial charge in [-0.15, -0.1) is 0 Å². The smallest absolute Gasteiger partial charge is 0.181 e. The van der Waals surface area contributed by atoms with Gasteiger partial charge < -0.3 is 11.5 Å². The highest BCUT2D eigenvalue weighted by Gasteiger charge is 2.03. The second-order valence-corrected chi connectivity index (χ2v) is 4.31. The highest BCUT2D eigenvalue weighted by Crippen LogP contribution is 2.30. The number of hydrogen-bond acceptors (Lipinski definition) is 4. The maximum Gasteiger partial charge on any atom is 0.181 e. The van der Waals surface area contributed by atoms with Gasteiger partial charge in [0.05, 0.1) is 10.2 Å². The molecule has 62 valence electrons. The highest BCUT2D eigenvalue weighted by molar-refractivity contribution is 9.10. The predicted molar refractivity (Wildman–Crippen MR) is 56.1 cm³/mol. The molecule has 0 atom stereocenters. The quantitative estimate of drug-likeness (QED) is 0.698. The summed E-state index contributed by atoms with van der Waals surface area (Å²) in [6.45, 7) is 0. The molecule has 0 radical (unpaired) electrons. The number of nitrogens with two attached hydrogens (primary N) is 2. The molecule has 5 heteroatoms. The molecule has 2 rings (SSSR count). The first-order valence-electron chi connectivity index (χ1n) is 3.28. The van der Waals surface area contributed by atoms with E-state index in [1.807, 2.05) is 12.1 Å². The standard InChI is InChI=1S/C7H6BrN3S/c8-3-1-6-5(2-4(3)9)11-7(10)12-6/h1-2H,9H2,(H2,10,11). The lowest BCUT2D eigenvalue weighted by Gasteiger charge is -1.95. The summed E-state index contributed by atoms with van der Waals surface area (Å²) >= 11 is 4.79. The fourth-order valence-electron chi connectivity index (χ4n) is 0.983. The Morgan fingerprint density at radius 2 is 2.08 bits per heavy atom. The van der Waals surface area contributed by atoms with Gasteiger partial charge in [0.2, 0.25) is 0 Å². The Labute approximate surface area is 81.5 Å². The molecule has 4 N–H and O–H groups in total. The molecule has 0 unspecified atom stereocenters. The summed E-state index contributed by atoms with van der Waals surface area (Å²) < 4.78 is 1.94. The third kappa shape index (κ3) is 1.15. The van der Waals surface area contributed by atoms with E-state index in [1.165, 1.54) is 11.3 Å². The molecule has 0 spiro atoms. The highest BCUT2D eigenvalue weighted by atomic mass is 79.9. The predicted octanol–water partition coefficient (Wildman–Crippen LogP) is 2.22. The van der Waals surface area contributed by atoms with Crippen LogP contribution in [-0.2, 0) is 0 Å². The number of anilines is 2. The van der Waals surface area contributed by atoms with Crippen molar-refractivity contribution in [2.24, 2.45) is 0 Å². The fraction of sp³-hybridized carbons (Fsp3) is 0. The monoisotopic (exact) mass is 243 g/mol. The van der Waals surface area contributed by atoms with E-state index in [0.29, 0.717) is 10.8 Å². The van der Waals surface area contributed by atoms with E-state index >= 15 is 0 Å². The van der Waals surface area contributed by atoms with E-state index in [4.69, 9.17) is 11.5 Å². The molecule has 0 saturated carbocycles. The van der Waals surface area contributed by atoms with Gasteiger partial charge in [-0.25, -0.2) is 4.98 Å². The minimum atomic E-state index is 0.572. The zero-order valence-electron chi connectivity index (χ0n) is 6.04. The van der Waals surface area contributed by atoms with E-state index in [-0.39, 0.29) is 0 Å². The largest absolute Gasteiger partial charge is 0.398 e. The maximum atomic E-state index is 5.67. The summed E-state index contributed by atoms with van der Waals surface area (Å²) in [7, 11) is 0. The molecule has 0 bridgehead atoms. The first-order valence-corrected chi connectivity index (χ1v) is 4.89. The average molecular weight is 244 g/mol. The molecule has 1 heterocycles. The molecule has 0 saturated heterocycles. The van der Waals surface area contributed by atoms with Crippen LogP contribution >= 0.6 is 27.3 Å². The van der Waals surface area contributed by atoms with Crippen molar-refractivity contribution in [2.75, 3.05) is 11.5 Å². The molecule has 0 amide bonds. The van der Waals surface area contributed by atoms with Crippen LogP contribution in [0.15, 0.2) is 16.6 Å². The van der Waals surface area contributed by atoms with Crippen LogP contribution in [0.25, 0.3) is 10.2 Å². The normalized spacial score (nSPS) is 10.8. The minimum absolute atomic E-state index is 0.572. The van der Waals surface area contributed by atoms with Crippen molar-refractivity contribution >= 4 is 48.3 Å². The van der Waals surface area contributed by atoms with Gasteiger partial charge in [0.15, 0.2) is 5.13 Å². The lowest BCUT2D eigenvalue weighted by Crippen LogP contribution is -1.85. The molecule has 0 aliphatic carbocycles. The first kappa shape index (κ1) is 7.82. The average Bonchev–Trinajstić information content (AvgIpc) is 2.30. The van der Waals surface area contributed by atoms with Gasteiger partial charge >= 0.3 is 0 Å². The van der Waals surface area contributed by atoms with Crippen molar-refractivity contribution in [2.45, 2.75) is 0 Å². The van der Waals surface area contributed by atoms with Crippen molar-refractivity contribution in [1.29, 1.82) is 0 Å². The van der Waals surface area contributed by atoms with Crippen LogP contribution in [-0.4, -0.2) is 4.98 Å². The maximum absolute atomic E-state index is 5.67. The zero-order chi connectivity index (χ0) is 8.72. The van der Waals surface area contributed by atoms with E-state index in [0.717, 1.165) is 14.7 Å². The molecule has 3 nitrogen and oxygen atoms in total. The summed E-state index contributed by atoms with van der Waals surface area (Å²) in [6, 6.07) is 3.74. The summed E-state index contributed by atoms with van der Waals surface area (Å²) in [5.41, 5.74) is 12.8. The molecule has 1 aromatic carbocycles. The van der Waals surface area contributed by atoms with Crippen LogP contribution in [0.3, 0.4) is 0 Å². The number of halogens is 1. The van der Waals surface area contributed by atoms with Crippen molar-refractivity contribution in [3.63, 3.8) is 0 Å². The number of benzene rings is 1. The summed E-state index contributed by atoms with van der Waals surface area (Å²) in [4.78, 5) is 4.11. The van der Waals surface area contributed by atoms with Gasteiger partial charge in [-0.05, 0) is 28.1 Å². The molecular weight excluding hydrogens is 238 g/mol. The Balaban J connectivity index is 2.83. The second-order valence-electron chi connectivity index (χ2n) is 2.39. The zero-order valence-corrected chi connectivity index (χ0v) is 8.45. The Hall–Kier alpha value is -0.810. The number of rotatable bonds is 0. The Kier molecular flexibility index (Phi) is 1.69. The van der Waals surface area contributed by atoms with E-state index < -0.39 is 0 Å². The number of thiazole rings is 1. The lowest BCUT2D eigenvalue weighted by molar-refractivity contribution is 1.49. The van der Waals surface area contributed by atoms with E-state index in [2.05, 4.69) is 20.9 Å². The summed E-state index contributed by atoms with van der Waals surface area (Å²) in [6.07, 6.45) is 0. The van der Waals surface area contributed by atoms with Crippen LogP contribution in [0.1, 0.15) is 0 Å². The van der Waals surface area contributed by atoms with Gasteiger partial charge in [-0.1, -0.05) is 11.3 Å². The van der Waals surface area contributed by atoms with Gasteiger partial charge in [-0.2, -0.15) is 0 Å². The second kappa shape index (κ2) is 2.60. The number of fused-ring (bicyclic) bond motifs is 1. The van der Waals surface area contributed by atoms with E-state index in [9.17, 15) is 0 Å². The van der Waals surface area contributed by atoms with Crippen molar-refractivity contribution in [3.05, 3.63) is 16.6 Å². The van der Waals surface area contributed by atoms with Crippen LogP contribution < -0.4 is 11.5 Å². The van der Waals surface area contributed by atoms with Crippen LogP contribution in [0.5, 0.6) is 0 Å². The molecule has 0 aliphatic rings. The Bertz CT molecular complexity index is 398. The molecule has 2 aromatic rings. The molecule has 0 fully saturated rings. The molecule has 0 aliphatic heterocycles. The van der Waals surface area contributed by atoms with Crippen molar-refractivity contribution in [1.82, 2.24) is 4.98 Å². The van der Waals surface area contributed by atoms with Gasteiger partial charge in [-0.3, -0.25) is 0 Å². The van der Waals surface area contributed by atoms with Gasteiger partial charge in [0.25, 0.3) is 0 Å². The third-order valence-electron chi connectivity index (χ3n) is 1.52. The Morgan fingerprint density at radius 3 is 2.83 bits per heavy atom. The van der Waals surface area contributed by atoms with Crippen LogP contribution in [0.2, 0.25) is 0 Å². The van der Waals surface area contributed by atoms with Crippen LogP contribution in [0.4, 0.5) is 10.8 Å². The number of nitrogens with zero attached hydrogens (tertiary/aromatic N) is 1. The van der Waals surface area contributed by atoms with Gasteiger partial charge in [0.1, 0.15) is 0 Å². The molecular formula is C7H6BrN3S. The fourth-order valence-corrected chi connectivity index (χ4v) is 2.23. The Morgan fingerprint density at radius 1 is 1.33 bits per heavy atom. The van der Waals surface area contributed by atoms with E-state index in [1.54, 1.807) is 0 Å². The van der Waals surface area contributed by atoms with Crippen molar-refractivity contribution in [3.8, 4) is 0 Å². The SMILES string of the molecule is Nc1nc2cc(N)c(Br)cc2s1. The number of aromatic nitrogens is 1.